The maximum absolute atomic E-state index is 3.49. The molecule has 1 N–H and O–H groups in total. The molecule has 0 aromatic carbocycles. The largest absolute Gasteiger partial charge is 0.314 e. The predicted octanol–water partition coefficient (Wildman–Crippen LogP) is 2.49. The van der Waals surface area contributed by atoms with E-state index in [1.807, 2.05) is 0 Å². The lowest BCUT2D eigenvalue weighted by Crippen LogP contribution is -2.35. The van der Waals surface area contributed by atoms with Crippen LogP contribution in [-0.4, -0.2) is 36.6 Å². The van der Waals surface area contributed by atoms with Gasteiger partial charge in [-0.05, 0) is 38.3 Å². The summed E-state index contributed by atoms with van der Waals surface area (Å²) in [7, 11) is 0. The number of hydrogen-bond donors (Lipinski definition) is 1. The second kappa shape index (κ2) is 5.31. The molecule has 1 unspecified atom stereocenters. The molecular weight excluding hydrogens is 184 g/mol. The third kappa shape index (κ3) is 4.52. The topological polar surface area (TPSA) is 15.3 Å². The van der Waals surface area contributed by atoms with Crippen molar-refractivity contribution in [3.63, 3.8) is 0 Å². The van der Waals surface area contributed by atoms with Crippen LogP contribution in [0.1, 0.15) is 47.5 Å². The SMILES string of the molecule is CC(C)NCCC(C)N1CCC(C)(C)C1. The van der Waals surface area contributed by atoms with E-state index in [9.17, 15) is 0 Å². The fourth-order valence-electron chi connectivity index (χ4n) is 2.29. The Hall–Kier alpha value is -0.0800. The molecule has 0 aliphatic carbocycles. The summed E-state index contributed by atoms with van der Waals surface area (Å²) in [6.45, 7) is 15.3. The van der Waals surface area contributed by atoms with Crippen LogP contribution >= 0.6 is 0 Å². The molecule has 0 aromatic rings. The lowest BCUT2D eigenvalue weighted by Gasteiger charge is -2.26. The van der Waals surface area contributed by atoms with Crippen molar-refractivity contribution in [1.82, 2.24) is 10.2 Å². The van der Waals surface area contributed by atoms with Gasteiger partial charge in [-0.25, -0.2) is 0 Å². The van der Waals surface area contributed by atoms with Gasteiger partial charge in [-0.2, -0.15) is 0 Å². The average Bonchev–Trinajstić information content (AvgIpc) is 2.45. The molecule has 15 heavy (non-hydrogen) atoms. The van der Waals surface area contributed by atoms with Crippen molar-refractivity contribution in [2.75, 3.05) is 19.6 Å². The molecule has 0 bridgehead atoms. The Labute approximate surface area is 95.4 Å². The Morgan fingerprint density at radius 2 is 1.93 bits per heavy atom. The van der Waals surface area contributed by atoms with E-state index in [0.717, 1.165) is 12.6 Å². The Balaban J connectivity index is 2.21. The van der Waals surface area contributed by atoms with Crippen LogP contribution in [0.2, 0.25) is 0 Å². The van der Waals surface area contributed by atoms with E-state index in [-0.39, 0.29) is 0 Å². The summed E-state index contributed by atoms with van der Waals surface area (Å²) in [6.07, 6.45) is 2.63. The molecule has 2 nitrogen and oxygen atoms in total. The van der Waals surface area contributed by atoms with Crippen LogP contribution in [0, 0.1) is 5.41 Å². The standard InChI is InChI=1S/C13H28N2/c1-11(2)14-8-6-12(3)15-9-7-13(4,5)10-15/h11-12,14H,6-10H2,1-5H3. The van der Waals surface area contributed by atoms with Crippen LogP contribution in [0.3, 0.4) is 0 Å². The van der Waals surface area contributed by atoms with Crippen molar-refractivity contribution < 1.29 is 0 Å². The van der Waals surface area contributed by atoms with Gasteiger partial charge in [0.1, 0.15) is 0 Å². The maximum Gasteiger partial charge on any atom is 0.00792 e. The monoisotopic (exact) mass is 212 g/mol. The zero-order chi connectivity index (χ0) is 11.5. The molecular formula is C13H28N2. The zero-order valence-corrected chi connectivity index (χ0v) is 11.1. The van der Waals surface area contributed by atoms with Gasteiger partial charge in [-0.3, -0.25) is 0 Å². The average molecular weight is 212 g/mol. The van der Waals surface area contributed by atoms with Gasteiger partial charge in [-0.1, -0.05) is 27.7 Å². The number of rotatable bonds is 5. The Bertz CT molecular complexity index is 187. The van der Waals surface area contributed by atoms with Crippen molar-refractivity contribution in [2.24, 2.45) is 5.41 Å². The highest BCUT2D eigenvalue weighted by atomic mass is 15.2. The van der Waals surface area contributed by atoms with Gasteiger partial charge in [0.15, 0.2) is 0 Å². The molecule has 1 saturated heterocycles. The fraction of sp³-hybridized carbons (Fsp3) is 1.00. The first-order valence-corrected chi connectivity index (χ1v) is 6.38. The van der Waals surface area contributed by atoms with Crippen LogP contribution < -0.4 is 5.32 Å². The highest BCUT2D eigenvalue weighted by molar-refractivity contribution is 4.85. The van der Waals surface area contributed by atoms with Crippen molar-refractivity contribution in [2.45, 2.75) is 59.5 Å². The summed E-state index contributed by atoms with van der Waals surface area (Å²) >= 11 is 0. The van der Waals surface area contributed by atoms with Gasteiger partial charge in [0.25, 0.3) is 0 Å². The summed E-state index contributed by atoms with van der Waals surface area (Å²) in [5, 5.41) is 3.49. The van der Waals surface area contributed by atoms with Crippen molar-refractivity contribution in [3.05, 3.63) is 0 Å². The van der Waals surface area contributed by atoms with Gasteiger partial charge in [0, 0.05) is 18.6 Å². The van der Waals surface area contributed by atoms with E-state index in [2.05, 4.69) is 44.8 Å². The molecule has 0 spiro atoms. The quantitative estimate of drug-likeness (QED) is 0.753. The van der Waals surface area contributed by atoms with Crippen LogP contribution in [0.25, 0.3) is 0 Å². The van der Waals surface area contributed by atoms with Gasteiger partial charge >= 0.3 is 0 Å². The van der Waals surface area contributed by atoms with Crippen LogP contribution in [0.4, 0.5) is 0 Å². The van der Waals surface area contributed by atoms with Crippen LogP contribution in [0.15, 0.2) is 0 Å². The van der Waals surface area contributed by atoms with Crippen LogP contribution in [0.5, 0.6) is 0 Å². The van der Waals surface area contributed by atoms with Gasteiger partial charge in [0.05, 0.1) is 0 Å². The second-order valence-electron chi connectivity index (χ2n) is 6.13. The van der Waals surface area contributed by atoms with Gasteiger partial charge < -0.3 is 10.2 Å². The first kappa shape index (κ1) is 13.0. The fourth-order valence-corrected chi connectivity index (χ4v) is 2.29. The normalized spacial score (nSPS) is 23.6. The molecule has 1 aliphatic rings. The minimum Gasteiger partial charge on any atom is -0.314 e. The second-order valence-corrected chi connectivity index (χ2v) is 6.13. The Morgan fingerprint density at radius 3 is 2.40 bits per heavy atom. The molecule has 0 amide bonds. The maximum atomic E-state index is 3.49. The highest BCUT2D eigenvalue weighted by Crippen LogP contribution is 2.30. The minimum absolute atomic E-state index is 0.541. The Kier molecular flexibility index (Phi) is 4.60. The lowest BCUT2D eigenvalue weighted by molar-refractivity contribution is 0.218. The molecule has 1 fully saturated rings. The molecule has 0 radical (unpaired) electrons. The summed E-state index contributed by atoms with van der Waals surface area (Å²) < 4.78 is 0. The summed E-state index contributed by atoms with van der Waals surface area (Å²) in [5.74, 6) is 0. The summed E-state index contributed by atoms with van der Waals surface area (Å²) in [5.41, 5.74) is 0.541. The van der Waals surface area contributed by atoms with E-state index >= 15 is 0 Å². The molecule has 1 aliphatic heterocycles. The third-order valence-electron chi connectivity index (χ3n) is 3.44. The molecule has 0 saturated carbocycles. The molecule has 1 heterocycles. The number of hydrogen-bond acceptors (Lipinski definition) is 2. The lowest BCUT2D eigenvalue weighted by atomic mass is 9.93. The summed E-state index contributed by atoms with van der Waals surface area (Å²) in [4.78, 5) is 2.64. The Morgan fingerprint density at radius 1 is 1.27 bits per heavy atom. The molecule has 1 rings (SSSR count). The smallest absolute Gasteiger partial charge is 0.00792 e. The van der Waals surface area contributed by atoms with E-state index in [4.69, 9.17) is 0 Å². The van der Waals surface area contributed by atoms with E-state index < -0.39 is 0 Å². The van der Waals surface area contributed by atoms with E-state index in [1.54, 1.807) is 0 Å². The van der Waals surface area contributed by atoms with Crippen molar-refractivity contribution in [1.29, 1.82) is 0 Å². The molecule has 0 aromatic heterocycles. The zero-order valence-electron chi connectivity index (χ0n) is 11.1. The van der Waals surface area contributed by atoms with E-state index in [0.29, 0.717) is 11.5 Å². The highest BCUT2D eigenvalue weighted by Gasteiger charge is 2.31. The third-order valence-corrected chi connectivity index (χ3v) is 3.44. The first-order valence-electron chi connectivity index (χ1n) is 6.38. The first-order chi connectivity index (χ1) is 6.91. The van der Waals surface area contributed by atoms with E-state index in [1.165, 1.54) is 25.9 Å². The van der Waals surface area contributed by atoms with Gasteiger partial charge in [-0.15, -0.1) is 0 Å². The summed E-state index contributed by atoms with van der Waals surface area (Å²) in [6, 6.07) is 1.35. The molecule has 90 valence electrons. The molecule has 2 heteroatoms. The predicted molar refractivity (Wildman–Crippen MR) is 67.2 cm³/mol. The number of nitrogens with one attached hydrogen (secondary N) is 1. The van der Waals surface area contributed by atoms with Gasteiger partial charge in [0.2, 0.25) is 0 Å². The minimum atomic E-state index is 0.541. The molecule has 1 atom stereocenters. The van der Waals surface area contributed by atoms with Crippen molar-refractivity contribution in [3.8, 4) is 0 Å². The van der Waals surface area contributed by atoms with Crippen molar-refractivity contribution >= 4 is 0 Å². The van der Waals surface area contributed by atoms with Crippen LogP contribution in [-0.2, 0) is 0 Å². The number of nitrogens with zero attached hydrogens (tertiary/aromatic N) is 1. The number of likely N-dealkylation sites (tertiary alicyclic amines) is 1.